The first-order chi connectivity index (χ1) is 12.5. The Balaban J connectivity index is 1.88. The number of benzene rings is 2. The summed E-state index contributed by atoms with van der Waals surface area (Å²) in [6, 6.07) is 16.5. The summed E-state index contributed by atoms with van der Waals surface area (Å²) < 4.78 is 15.8. The molecule has 0 spiro atoms. The zero-order valence-electron chi connectivity index (χ0n) is 15.3. The fourth-order valence-electron chi connectivity index (χ4n) is 2.99. The molecule has 1 N–H and O–H groups in total. The molecular formula is C21H23FN4. The number of rotatable bonds is 6. The van der Waals surface area contributed by atoms with Gasteiger partial charge < -0.3 is 0 Å². The van der Waals surface area contributed by atoms with Crippen LogP contribution in [0.4, 0.5) is 10.1 Å². The summed E-state index contributed by atoms with van der Waals surface area (Å²) >= 11 is 0. The molecule has 4 nitrogen and oxygen atoms in total. The normalized spacial score (nSPS) is 11.6. The van der Waals surface area contributed by atoms with Crippen LogP contribution in [-0.2, 0) is 7.05 Å². The van der Waals surface area contributed by atoms with Gasteiger partial charge in [-0.3, -0.25) is 15.1 Å². The van der Waals surface area contributed by atoms with Crippen molar-refractivity contribution >= 4 is 17.1 Å². The van der Waals surface area contributed by atoms with Crippen LogP contribution in [0.2, 0.25) is 0 Å². The number of halogens is 1. The number of nitrogens with one attached hydrogen (secondary N) is 1. The molecule has 5 heteroatoms. The first-order valence-electron chi connectivity index (χ1n) is 8.61. The van der Waals surface area contributed by atoms with E-state index in [-0.39, 0.29) is 5.82 Å². The van der Waals surface area contributed by atoms with E-state index >= 15 is 0 Å². The Morgan fingerprint density at radius 1 is 1.12 bits per heavy atom. The number of anilines is 1. The minimum Gasteiger partial charge on any atom is -0.277 e. The van der Waals surface area contributed by atoms with Crippen molar-refractivity contribution in [3.05, 3.63) is 83.9 Å². The summed E-state index contributed by atoms with van der Waals surface area (Å²) in [7, 11) is 1.92. The third-order valence-corrected chi connectivity index (χ3v) is 4.37. The highest BCUT2D eigenvalue weighted by atomic mass is 19.1. The van der Waals surface area contributed by atoms with E-state index in [4.69, 9.17) is 4.99 Å². The largest absolute Gasteiger partial charge is 0.277 e. The number of aliphatic imine (C=N–C) groups is 1. The van der Waals surface area contributed by atoms with Crippen LogP contribution in [0.3, 0.4) is 0 Å². The maximum atomic E-state index is 13.9. The predicted octanol–water partition coefficient (Wildman–Crippen LogP) is 5.02. The van der Waals surface area contributed by atoms with Gasteiger partial charge in [-0.1, -0.05) is 56.0 Å². The molecule has 1 heterocycles. The molecular weight excluding hydrogens is 327 g/mol. The topological polar surface area (TPSA) is 34.2 Å². The Bertz CT molecular complexity index is 930. The maximum Gasteiger partial charge on any atom is 0.148 e. The Labute approximate surface area is 153 Å². The van der Waals surface area contributed by atoms with Crippen LogP contribution < -0.4 is 5.43 Å². The van der Waals surface area contributed by atoms with E-state index in [9.17, 15) is 4.39 Å². The molecule has 0 aliphatic carbocycles. The van der Waals surface area contributed by atoms with Gasteiger partial charge in [0.1, 0.15) is 11.5 Å². The number of hydrogen-bond acceptors (Lipinski definition) is 2. The average Bonchev–Trinajstić information content (AvgIpc) is 2.67. The van der Waals surface area contributed by atoms with Crippen molar-refractivity contribution in [2.24, 2.45) is 12.0 Å². The van der Waals surface area contributed by atoms with Gasteiger partial charge in [-0.05, 0) is 31.0 Å². The van der Waals surface area contributed by atoms with Gasteiger partial charge in [-0.2, -0.15) is 4.79 Å². The van der Waals surface area contributed by atoms with E-state index in [1.165, 1.54) is 6.07 Å². The predicted molar refractivity (Wildman–Crippen MR) is 106 cm³/mol. The van der Waals surface area contributed by atoms with Crippen molar-refractivity contribution in [1.82, 2.24) is 9.47 Å². The van der Waals surface area contributed by atoms with Crippen LogP contribution in [0.25, 0.3) is 5.70 Å². The van der Waals surface area contributed by atoms with E-state index in [2.05, 4.69) is 18.9 Å². The van der Waals surface area contributed by atoms with Crippen LogP contribution in [0.1, 0.15) is 30.3 Å². The number of aromatic nitrogens is 2. The monoisotopic (exact) mass is 350 g/mol. The van der Waals surface area contributed by atoms with Gasteiger partial charge >= 0.3 is 0 Å². The lowest BCUT2D eigenvalue weighted by atomic mass is 10.1. The van der Waals surface area contributed by atoms with Gasteiger partial charge in [-0.15, -0.1) is 0 Å². The first kappa shape index (κ1) is 17.7. The first-order valence-corrected chi connectivity index (χ1v) is 8.61. The third kappa shape index (κ3) is 3.33. The standard InChI is InChI=1S/C21H23FN4/c1-5-19(23-15(2)17-11-7-6-8-12-17)21-16(3)26(25(21)4)24-20-14-10-9-13-18(20)22/h6-14,24H,2,5H2,1,3-4H3. The molecule has 1 aromatic heterocycles. The van der Waals surface area contributed by atoms with Crippen LogP contribution in [0, 0.1) is 12.7 Å². The number of para-hydroxylation sites is 1. The Morgan fingerprint density at radius 2 is 1.77 bits per heavy atom. The summed E-state index contributed by atoms with van der Waals surface area (Å²) in [5.41, 5.74) is 8.21. The smallest absolute Gasteiger partial charge is 0.148 e. The van der Waals surface area contributed by atoms with Gasteiger partial charge in [-0.25, -0.2) is 4.39 Å². The van der Waals surface area contributed by atoms with Crippen molar-refractivity contribution in [2.75, 3.05) is 5.43 Å². The SMILES string of the molecule is C=C(N=C(CC)c1c(C)n(Nc2ccccc2F)n1C)c1ccccc1. The second-order valence-electron chi connectivity index (χ2n) is 6.09. The lowest BCUT2D eigenvalue weighted by Gasteiger charge is -2.29. The molecule has 0 saturated heterocycles. The molecule has 3 aromatic rings. The Kier molecular flexibility index (Phi) is 5.07. The highest BCUT2D eigenvalue weighted by Crippen LogP contribution is 2.21. The maximum absolute atomic E-state index is 13.9. The summed E-state index contributed by atoms with van der Waals surface area (Å²) in [5.74, 6) is -0.288. The number of nitrogens with zero attached hydrogens (tertiary/aromatic N) is 3. The fraction of sp³-hybridized carbons (Fsp3) is 0.190. The van der Waals surface area contributed by atoms with Crippen LogP contribution in [0.15, 0.2) is 66.2 Å². The molecule has 0 radical (unpaired) electrons. The highest BCUT2D eigenvalue weighted by Gasteiger charge is 2.20. The summed E-state index contributed by atoms with van der Waals surface area (Å²) in [5, 5.41) is 0. The van der Waals surface area contributed by atoms with Crippen LogP contribution in [-0.4, -0.2) is 15.2 Å². The molecule has 0 bridgehead atoms. The Morgan fingerprint density at radius 3 is 2.38 bits per heavy atom. The fourth-order valence-corrected chi connectivity index (χ4v) is 2.99. The molecule has 0 aliphatic heterocycles. The zero-order chi connectivity index (χ0) is 18.7. The molecule has 0 unspecified atom stereocenters. The zero-order valence-corrected chi connectivity index (χ0v) is 15.3. The van der Waals surface area contributed by atoms with Gasteiger partial charge in [0.15, 0.2) is 0 Å². The van der Waals surface area contributed by atoms with Gasteiger partial charge in [0.2, 0.25) is 0 Å². The molecule has 134 valence electrons. The van der Waals surface area contributed by atoms with Crippen LogP contribution in [0.5, 0.6) is 0 Å². The highest BCUT2D eigenvalue weighted by molar-refractivity contribution is 6.03. The lowest BCUT2D eigenvalue weighted by Crippen LogP contribution is -2.35. The van der Waals surface area contributed by atoms with Crippen molar-refractivity contribution in [3.63, 3.8) is 0 Å². The molecule has 0 aliphatic rings. The summed E-state index contributed by atoms with van der Waals surface area (Å²) in [6.07, 6.45) is 0.774. The van der Waals surface area contributed by atoms with E-state index in [0.29, 0.717) is 5.69 Å². The molecule has 0 saturated carbocycles. The van der Waals surface area contributed by atoms with Gasteiger partial charge in [0.05, 0.1) is 22.8 Å². The quantitative estimate of drug-likeness (QED) is 0.622. The van der Waals surface area contributed by atoms with E-state index in [0.717, 1.165) is 34.8 Å². The molecule has 3 rings (SSSR count). The van der Waals surface area contributed by atoms with Crippen molar-refractivity contribution in [3.8, 4) is 0 Å². The van der Waals surface area contributed by atoms with Crippen molar-refractivity contribution in [1.29, 1.82) is 0 Å². The molecule has 26 heavy (non-hydrogen) atoms. The molecule has 0 atom stereocenters. The van der Waals surface area contributed by atoms with E-state index in [1.807, 2.05) is 53.8 Å². The minimum absolute atomic E-state index is 0.288. The second-order valence-corrected chi connectivity index (χ2v) is 6.09. The Hall–Kier alpha value is -3.08. The van der Waals surface area contributed by atoms with Crippen molar-refractivity contribution < 1.29 is 4.39 Å². The van der Waals surface area contributed by atoms with Gasteiger partial charge in [0.25, 0.3) is 0 Å². The molecule has 0 fully saturated rings. The van der Waals surface area contributed by atoms with Crippen molar-refractivity contribution in [2.45, 2.75) is 20.3 Å². The minimum atomic E-state index is -0.288. The number of hydrogen-bond donors (Lipinski definition) is 1. The average molecular weight is 350 g/mol. The molecule has 0 amide bonds. The molecule has 2 aromatic carbocycles. The van der Waals surface area contributed by atoms with Crippen LogP contribution >= 0.6 is 0 Å². The third-order valence-electron chi connectivity index (χ3n) is 4.37. The van der Waals surface area contributed by atoms with Gasteiger partial charge in [0, 0.05) is 7.05 Å². The lowest BCUT2D eigenvalue weighted by molar-refractivity contribution is 0.510. The summed E-state index contributed by atoms with van der Waals surface area (Å²) in [6.45, 7) is 8.15. The second kappa shape index (κ2) is 7.44. The van der Waals surface area contributed by atoms with E-state index < -0.39 is 0 Å². The summed E-state index contributed by atoms with van der Waals surface area (Å²) in [4.78, 5) is 6.55. The van der Waals surface area contributed by atoms with E-state index in [1.54, 1.807) is 18.2 Å².